The van der Waals surface area contributed by atoms with Crippen molar-refractivity contribution in [2.24, 2.45) is 5.92 Å². The molecule has 2 rings (SSSR count). The van der Waals surface area contributed by atoms with Gasteiger partial charge in [-0.05, 0) is 37.3 Å². The lowest BCUT2D eigenvalue weighted by molar-refractivity contribution is -0.384. The first-order valence-electron chi connectivity index (χ1n) is 7.69. The maximum Gasteiger partial charge on any atom is 0.269 e. The standard InChI is InChI=1S/C16H25N3O2/c1-12(2)11-18-8-6-14(7-9-18)17-16-5-4-15(19(20)21)10-13(16)3/h4-5,10,12,14,17H,6-9,11H2,1-3H3. The maximum atomic E-state index is 10.8. The van der Waals surface area contributed by atoms with Crippen molar-refractivity contribution in [3.63, 3.8) is 0 Å². The van der Waals surface area contributed by atoms with Crippen molar-refractivity contribution in [3.05, 3.63) is 33.9 Å². The molecule has 116 valence electrons. The summed E-state index contributed by atoms with van der Waals surface area (Å²) >= 11 is 0. The minimum Gasteiger partial charge on any atom is -0.382 e. The number of nitrogens with one attached hydrogen (secondary N) is 1. The zero-order valence-electron chi connectivity index (χ0n) is 13.1. The highest BCUT2D eigenvalue weighted by molar-refractivity contribution is 5.55. The summed E-state index contributed by atoms with van der Waals surface area (Å²) in [4.78, 5) is 12.9. The number of piperidine rings is 1. The van der Waals surface area contributed by atoms with Crippen LogP contribution in [0.3, 0.4) is 0 Å². The Bertz CT molecular complexity index is 494. The highest BCUT2D eigenvalue weighted by Gasteiger charge is 2.20. The number of nitro groups is 1. The Hall–Kier alpha value is -1.62. The monoisotopic (exact) mass is 291 g/mol. The van der Waals surface area contributed by atoms with Gasteiger partial charge in [-0.2, -0.15) is 0 Å². The Kier molecular flexibility index (Phi) is 5.17. The van der Waals surface area contributed by atoms with Crippen LogP contribution < -0.4 is 5.32 Å². The topological polar surface area (TPSA) is 58.4 Å². The van der Waals surface area contributed by atoms with Crippen LogP contribution in [0, 0.1) is 23.0 Å². The number of rotatable bonds is 5. The molecule has 1 N–H and O–H groups in total. The van der Waals surface area contributed by atoms with Gasteiger partial charge in [0, 0.05) is 43.5 Å². The first-order chi connectivity index (χ1) is 9.95. The predicted molar refractivity (Wildman–Crippen MR) is 85.8 cm³/mol. The summed E-state index contributed by atoms with van der Waals surface area (Å²) in [6.07, 6.45) is 2.26. The zero-order valence-corrected chi connectivity index (χ0v) is 13.1. The fourth-order valence-corrected chi connectivity index (χ4v) is 2.92. The van der Waals surface area contributed by atoms with Gasteiger partial charge in [0.25, 0.3) is 5.69 Å². The van der Waals surface area contributed by atoms with Gasteiger partial charge in [0.2, 0.25) is 0 Å². The average molecular weight is 291 g/mol. The van der Waals surface area contributed by atoms with Gasteiger partial charge in [-0.1, -0.05) is 13.8 Å². The van der Waals surface area contributed by atoms with Gasteiger partial charge >= 0.3 is 0 Å². The molecule has 0 unspecified atom stereocenters. The lowest BCUT2D eigenvalue weighted by atomic mass is 10.0. The summed E-state index contributed by atoms with van der Waals surface area (Å²) < 4.78 is 0. The van der Waals surface area contributed by atoms with Gasteiger partial charge in [-0.25, -0.2) is 0 Å². The number of hydrogen-bond acceptors (Lipinski definition) is 4. The van der Waals surface area contributed by atoms with Crippen LogP contribution in [-0.4, -0.2) is 35.5 Å². The molecule has 0 bridgehead atoms. The summed E-state index contributed by atoms with van der Waals surface area (Å²) in [6, 6.07) is 5.50. The van der Waals surface area contributed by atoms with Gasteiger partial charge in [0.05, 0.1) is 4.92 Å². The van der Waals surface area contributed by atoms with E-state index in [0.29, 0.717) is 12.0 Å². The maximum absolute atomic E-state index is 10.8. The first kappa shape index (κ1) is 15.8. The molecular formula is C16H25N3O2. The summed E-state index contributed by atoms with van der Waals surface area (Å²) in [5, 5.41) is 14.3. The molecule has 5 nitrogen and oxygen atoms in total. The minimum absolute atomic E-state index is 0.157. The van der Waals surface area contributed by atoms with E-state index in [1.165, 1.54) is 6.54 Å². The van der Waals surface area contributed by atoms with Crippen LogP contribution in [0.2, 0.25) is 0 Å². The van der Waals surface area contributed by atoms with E-state index in [-0.39, 0.29) is 10.6 Å². The van der Waals surface area contributed by atoms with Crippen molar-refractivity contribution in [2.75, 3.05) is 25.0 Å². The number of anilines is 1. The number of nitro benzene ring substituents is 1. The molecule has 1 aliphatic rings. The van der Waals surface area contributed by atoms with E-state index in [9.17, 15) is 10.1 Å². The molecule has 1 aliphatic heterocycles. The van der Waals surface area contributed by atoms with Crippen LogP contribution in [-0.2, 0) is 0 Å². The van der Waals surface area contributed by atoms with Crippen LogP contribution in [0.25, 0.3) is 0 Å². The van der Waals surface area contributed by atoms with Crippen molar-refractivity contribution >= 4 is 11.4 Å². The molecule has 1 heterocycles. The van der Waals surface area contributed by atoms with E-state index in [4.69, 9.17) is 0 Å². The highest BCUT2D eigenvalue weighted by atomic mass is 16.6. The van der Waals surface area contributed by atoms with E-state index < -0.39 is 0 Å². The molecule has 21 heavy (non-hydrogen) atoms. The number of non-ortho nitro benzene ring substituents is 1. The number of nitrogens with zero attached hydrogens (tertiary/aromatic N) is 2. The number of aryl methyl sites for hydroxylation is 1. The van der Waals surface area contributed by atoms with Crippen molar-refractivity contribution in [3.8, 4) is 0 Å². The molecule has 0 amide bonds. The lowest BCUT2D eigenvalue weighted by Crippen LogP contribution is -2.40. The fraction of sp³-hybridized carbons (Fsp3) is 0.625. The van der Waals surface area contributed by atoms with Crippen molar-refractivity contribution in [2.45, 2.75) is 39.7 Å². The van der Waals surface area contributed by atoms with Gasteiger partial charge in [0.1, 0.15) is 0 Å². The molecule has 1 saturated heterocycles. The van der Waals surface area contributed by atoms with Gasteiger partial charge in [-0.15, -0.1) is 0 Å². The first-order valence-corrected chi connectivity index (χ1v) is 7.69. The normalized spacial score (nSPS) is 17.1. The third-order valence-electron chi connectivity index (χ3n) is 3.99. The van der Waals surface area contributed by atoms with Crippen LogP contribution in [0.15, 0.2) is 18.2 Å². The van der Waals surface area contributed by atoms with Gasteiger partial charge < -0.3 is 10.2 Å². The van der Waals surface area contributed by atoms with E-state index in [1.807, 2.05) is 13.0 Å². The van der Waals surface area contributed by atoms with Crippen molar-refractivity contribution in [1.82, 2.24) is 4.90 Å². The fourth-order valence-electron chi connectivity index (χ4n) is 2.92. The predicted octanol–water partition coefficient (Wildman–Crippen LogP) is 3.44. The minimum atomic E-state index is -0.346. The van der Waals surface area contributed by atoms with Crippen LogP contribution in [0.5, 0.6) is 0 Å². The summed E-state index contributed by atoms with van der Waals surface area (Å²) in [6.45, 7) is 9.85. The van der Waals surface area contributed by atoms with Gasteiger partial charge in [0.15, 0.2) is 0 Å². The second kappa shape index (κ2) is 6.89. The Labute approximate surface area is 126 Å². The summed E-state index contributed by atoms with van der Waals surface area (Å²) in [7, 11) is 0. The molecule has 1 fully saturated rings. The van der Waals surface area contributed by atoms with E-state index in [0.717, 1.165) is 37.2 Å². The molecule has 0 atom stereocenters. The number of hydrogen-bond donors (Lipinski definition) is 1. The molecule has 0 aromatic heterocycles. The molecule has 0 spiro atoms. The highest BCUT2D eigenvalue weighted by Crippen LogP contribution is 2.24. The third kappa shape index (κ3) is 4.43. The molecule has 5 heteroatoms. The molecule has 1 aromatic rings. The van der Waals surface area contributed by atoms with Gasteiger partial charge in [-0.3, -0.25) is 10.1 Å². The molecular weight excluding hydrogens is 266 g/mol. The molecule has 0 saturated carbocycles. The Morgan fingerprint density at radius 1 is 1.38 bits per heavy atom. The van der Waals surface area contributed by atoms with E-state index in [2.05, 4.69) is 24.1 Å². The van der Waals surface area contributed by atoms with E-state index in [1.54, 1.807) is 12.1 Å². The summed E-state index contributed by atoms with van der Waals surface area (Å²) in [5.41, 5.74) is 2.11. The largest absolute Gasteiger partial charge is 0.382 e. The lowest BCUT2D eigenvalue weighted by Gasteiger charge is -2.34. The van der Waals surface area contributed by atoms with Crippen LogP contribution in [0.4, 0.5) is 11.4 Å². The van der Waals surface area contributed by atoms with Crippen LogP contribution >= 0.6 is 0 Å². The quantitative estimate of drug-likeness (QED) is 0.667. The number of likely N-dealkylation sites (tertiary alicyclic amines) is 1. The molecule has 1 aromatic carbocycles. The third-order valence-corrected chi connectivity index (χ3v) is 3.99. The summed E-state index contributed by atoms with van der Waals surface area (Å²) in [5.74, 6) is 0.714. The number of benzene rings is 1. The smallest absolute Gasteiger partial charge is 0.269 e. The van der Waals surface area contributed by atoms with Crippen LogP contribution in [0.1, 0.15) is 32.3 Å². The van der Waals surface area contributed by atoms with Crippen molar-refractivity contribution < 1.29 is 4.92 Å². The van der Waals surface area contributed by atoms with E-state index >= 15 is 0 Å². The SMILES string of the molecule is Cc1cc([N+](=O)[O-])ccc1NC1CCN(CC(C)C)CC1. The average Bonchev–Trinajstić information content (AvgIpc) is 2.42. The molecule has 0 aliphatic carbocycles. The Morgan fingerprint density at radius 3 is 2.57 bits per heavy atom. The van der Waals surface area contributed by atoms with Crippen molar-refractivity contribution in [1.29, 1.82) is 0 Å². The Morgan fingerprint density at radius 2 is 2.05 bits per heavy atom. The zero-order chi connectivity index (χ0) is 15.4. The second-order valence-electron chi connectivity index (χ2n) is 6.37. The molecule has 0 radical (unpaired) electrons. The second-order valence-corrected chi connectivity index (χ2v) is 6.37. The Balaban J connectivity index is 1.90.